The molecule has 0 aliphatic heterocycles. The summed E-state index contributed by atoms with van der Waals surface area (Å²) < 4.78 is 25.1. The maximum absolute atomic E-state index is 10.1. The highest BCUT2D eigenvalue weighted by atomic mass is 32.2. The zero-order valence-corrected chi connectivity index (χ0v) is 5.30. The molecule has 9 heavy (non-hydrogen) atoms. The van der Waals surface area contributed by atoms with Gasteiger partial charge < -0.3 is 5.11 Å². The van der Waals surface area contributed by atoms with Crippen LogP contribution in [0.25, 0.3) is 0 Å². The Hall–Kier alpha value is -0.820. The molecule has 0 fully saturated rings. The molecule has 6 nitrogen and oxygen atoms in total. The van der Waals surface area contributed by atoms with E-state index in [-0.39, 0.29) is 0 Å². The normalized spacial score (nSPS) is 10.8. The van der Waals surface area contributed by atoms with Gasteiger partial charge in [0.1, 0.15) is 0 Å². The lowest BCUT2D eigenvalue weighted by molar-refractivity contribution is 0.199. The van der Waals surface area contributed by atoms with E-state index in [9.17, 15) is 13.2 Å². The van der Waals surface area contributed by atoms with Gasteiger partial charge >= 0.3 is 16.4 Å². The predicted molar refractivity (Wildman–Crippen MR) is 27.1 cm³/mol. The van der Waals surface area contributed by atoms with Crippen LogP contribution in [-0.4, -0.2) is 26.7 Å². The molecule has 0 aromatic rings. The molecule has 0 heterocycles. The van der Waals surface area contributed by atoms with E-state index in [2.05, 4.69) is 4.18 Å². The third kappa shape index (κ3) is 3.74. The summed E-state index contributed by atoms with van der Waals surface area (Å²) in [5.41, 5.74) is 0. The van der Waals surface area contributed by atoms with Gasteiger partial charge in [-0.2, -0.15) is 13.1 Å². The van der Waals surface area contributed by atoms with Crippen molar-refractivity contribution in [1.29, 1.82) is 0 Å². The molecule has 0 saturated heterocycles. The van der Waals surface area contributed by atoms with Crippen LogP contribution in [0, 0.1) is 0 Å². The Labute approximate surface area is 51.7 Å². The molecule has 0 radical (unpaired) electrons. The van der Waals surface area contributed by atoms with Crippen LogP contribution in [0.5, 0.6) is 0 Å². The van der Waals surface area contributed by atoms with Crippen molar-refractivity contribution < 1.29 is 22.5 Å². The Kier molecular flexibility index (Phi) is 2.41. The average molecular weight is 155 g/mol. The number of carbonyl (C=O) groups is 1. The summed E-state index contributed by atoms with van der Waals surface area (Å²) in [4.78, 5) is 9.60. The van der Waals surface area contributed by atoms with E-state index in [0.717, 1.165) is 11.8 Å². The van der Waals surface area contributed by atoms with Crippen molar-refractivity contribution in [2.75, 3.05) is 7.11 Å². The summed E-state index contributed by atoms with van der Waals surface area (Å²) in [5, 5.41) is 7.81. The van der Waals surface area contributed by atoms with E-state index in [1.54, 1.807) is 0 Å². The lowest BCUT2D eigenvalue weighted by Gasteiger charge is -1.96. The largest absolute Gasteiger partial charge is 0.464 e. The minimum atomic E-state index is -4.07. The van der Waals surface area contributed by atoms with E-state index in [4.69, 9.17) is 5.11 Å². The quantitative estimate of drug-likeness (QED) is 0.541. The van der Waals surface area contributed by atoms with E-state index >= 15 is 0 Å². The van der Waals surface area contributed by atoms with Crippen molar-refractivity contribution in [2.45, 2.75) is 0 Å². The van der Waals surface area contributed by atoms with E-state index in [0.29, 0.717) is 0 Å². The molecular formula is C2H5NO5S. The van der Waals surface area contributed by atoms with Crippen LogP contribution in [0.4, 0.5) is 4.79 Å². The van der Waals surface area contributed by atoms with Gasteiger partial charge in [0.05, 0.1) is 7.11 Å². The van der Waals surface area contributed by atoms with Crippen LogP contribution in [-0.2, 0) is 14.5 Å². The fraction of sp³-hybridized carbons (Fsp3) is 0.500. The zero-order valence-electron chi connectivity index (χ0n) is 4.49. The summed E-state index contributed by atoms with van der Waals surface area (Å²) in [6.07, 6.45) is -1.67. The molecule has 0 saturated carbocycles. The van der Waals surface area contributed by atoms with Gasteiger partial charge in [-0.1, -0.05) is 0 Å². The second kappa shape index (κ2) is 2.65. The Bertz CT molecular complexity index is 193. The summed E-state index contributed by atoms with van der Waals surface area (Å²) >= 11 is 0. The number of nitrogens with one attached hydrogen (secondary N) is 1. The fourth-order valence-electron chi connectivity index (χ4n) is 0.149. The molecule has 1 amide bonds. The second-order valence-corrected chi connectivity index (χ2v) is 2.47. The minimum absolute atomic E-state index is 0.852. The lowest BCUT2D eigenvalue weighted by Crippen LogP contribution is -2.29. The molecule has 0 aromatic carbocycles. The van der Waals surface area contributed by atoms with Crippen LogP contribution in [0.1, 0.15) is 0 Å². The van der Waals surface area contributed by atoms with Gasteiger partial charge in [-0.3, -0.25) is 4.18 Å². The van der Waals surface area contributed by atoms with Crippen molar-refractivity contribution in [3.8, 4) is 0 Å². The molecule has 0 atom stereocenters. The summed E-state index contributed by atoms with van der Waals surface area (Å²) in [7, 11) is -3.22. The standard InChI is InChI=1S/C2H5NO5S/c1-8-9(6,7)3-2(4)5/h3H,1H3,(H,4,5). The van der Waals surface area contributed by atoms with Crippen LogP contribution >= 0.6 is 0 Å². The maximum atomic E-state index is 10.1. The zero-order chi connectivity index (χ0) is 7.49. The maximum Gasteiger partial charge on any atom is 0.420 e. The molecule has 0 spiro atoms. The molecular weight excluding hydrogens is 150 g/mol. The minimum Gasteiger partial charge on any atom is -0.464 e. The highest BCUT2D eigenvalue weighted by Gasteiger charge is 2.09. The molecule has 0 aromatic heterocycles. The average Bonchev–Trinajstić information content (AvgIpc) is 1.63. The van der Waals surface area contributed by atoms with Crippen molar-refractivity contribution in [3.63, 3.8) is 0 Å². The Morgan fingerprint density at radius 1 is 1.67 bits per heavy atom. The molecule has 0 aliphatic rings. The van der Waals surface area contributed by atoms with Gasteiger partial charge in [0.25, 0.3) is 0 Å². The number of rotatable bonds is 2. The highest BCUT2D eigenvalue weighted by molar-refractivity contribution is 7.85. The first-order valence-electron chi connectivity index (χ1n) is 1.79. The first-order valence-corrected chi connectivity index (χ1v) is 3.20. The molecule has 0 rings (SSSR count). The third-order valence-corrected chi connectivity index (χ3v) is 1.30. The van der Waals surface area contributed by atoms with E-state index in [1.807, 2.05) is 0 Å². The second-order valence-electron chi connectivity index (χ2n) is 1.03. The third-order valence-electron chi connectivity index (χ3n) is 0.432. The molecule has 7 heteroatoms. The van der Waals surface area contributed by atoms with Crippen molar-refractivity contribution in [1.82, 2.24) is 4.72 Å². The summed E-state index contributed by atoms with van der Waals surface area (Å²) in [6.45, 7) is 0. The molecule has 0 aliphatic carbocycles. The van der Waals surface area contributed by atoms with E-state index in [1.165, 1.54) is 0 Å². The first-order chi connectivity index (χ1) is 3.98. The van der Waals surface area contributed by atoms with Crippen molar-refractivity contribution in [3.05, 3.63) is 0 Å². The first kappa shape index (κ1) is 8.18. The number of hydrogen-bond donors (Lipinski definition) is 2. The molecule has 54 valence electrons. The van der Waals surface area contributed by atoms with Gasteiger partial charge in [0.2, 0.25) is 0 Å². The van der Waals surface area contributed by atoms with Crippen LogP contribution in [0.2, 0.25) is 0 Å². The monoisotopic (exact) mass is 155 g/mol. The molecule has 2 N–H and O–H groups in total. The molecule has 0 unspecified atom stereocenters. The van der Waals surface area contributed by atoms with E-state index < -0.39 is 16.4 Å². The van der Waals surface area contributed by atoms with Gasteiger partial charge in [-0.25, -0.2) is 4.79 Å². The SMILES string of the molecule is COS(=O)(=O)NC(=O)O. The van der Waals surface area contributed by atoms with Crippen LogP contribution in [0.15, 0.2) is 0 Å². The van der Waals surface area contributed by atoms with Gasteiger partial charge in [-0.15, -0.1) is 0 Å². The predicted octanol–water partition coefficient (Wildman–Crippen LogP) is -0.855. The Balaban J connectivity index is 4.06. The van der Waals surface area contributed by atoms with Crippen LogP contribution < -0.4 is 4.72 Å². The van der Waals surface area contributed by atoms with Gasteiger partial charge in [0.15, 0.2) is 0 Å². The lowest BCUT2D eigenvalue weighted by atomic mass is 11.3. The summed E-state index contributed by atoms with van der Waals surface area (Å²) in [5.74, 6) is 0. The smallest absolute Gasteiger partial charge is 0.420 e. The van der Waals surface area contributed by atoms with Crippen molar-refractivity contribution in [2.24, 2.45) is 0 Å². The Morgan fingerprint density at radius 2 is 2.11 bits per heavy atom. The molecule has 0 bridgehead atoms. The number of hydrogen-bond acceptors (Lipinski definition) is 4. The van der Waals surface area contributed by atoms with Gasteiger partial charge in [0, 0.05) is 0 Å². The number of carboxylic acid groups (broad SMARTS) is 1. The number of amides is 1. The highest BCUT2D eigenvalue weighted by Crippen LogP contribution is 1.80. The Morgan fingerprint density at radius 3 is 2.22 bits per heavy atom. The fourth-order valence-corrected chi connectivity index (χ4v) is 0.446. The van der Waals surface area contributed by atoms with Crippen LogP contribution in [0.3, 0.4) is 0 Å². The van der Waals surface area contributed by atoms with Gasteiger partial charge in [-0.05, 0) is 0 Å². The van der Waals surface area contributed by atoms with Crippen molar-refractivity contribution >= 4 is 16.4 Å². The topological polar surface area (TPSA) is 92.7 Å². The summed E-state index contributed by atoms with van der Waals surface area (Å²) in [6, 6.07) is 0.